The van der Waals surface area contributed by atoms with E-state index in [1.54, 1.807) is 106 Å². The first-order chi connectivity index (χ1) is 22.6. The zero-order valence-electron chi connectivity index (χ0n) is 26.6. The van der Waals surface area contributed by atoms with Gasteiger partial charge in [0, 0.05) is 6.42 Å². The van der Waals surface area contributed by atoms with Crippen LogP contribution in [0.25, 0.3) is 0 Å². The van der Waals surface area contributed by atoms with Gasteiger partial charge in [-0.15, -0.1) is 0 Å². The lowest BCUT2D eigenvalue weighted by atomic mass is 9.80. The van der Waals surface area contributed by atoms with E-state index in [4.69, 9.17) is 23.7 Å². The molecule has 11 heteroatoms. The summed E-state index contributed by atoms with van der Waals surface area (Å²) in [5.74, 6) is 0.590. The van der Waals surface area contributed by atoms with Gasteiger partial charge in [-0.1, -0.05) is 31.2 Å². The fourth-order valence-corrected chi connectivity index (χ4v) is 4.32. The van der Waals surface area contributed by atoms with Crippen molar-refractivity contribution in [2.75, 3.05) is 13.2 Å². The van der Waals surface area contributed by atoms with Gasteiger partial charge in [-0.3, -0.25) is 4.79 Å². The predicted octanol–water partition coefficient (Wildman–Crippen LogP) is 5.11. The van der Waals surface area contributed by atoms with Crippen LogP contribution >= 0.6 is 0 Å². The highest BCUT2D eigenvalue weighted by atomic mass is 16.5. The van der Waals surface area contributed by atoms with Crippen molar-refractivity contribution in [2.24, 2.45) is 0 Å². The molecule has 4 rings (SSSR count). The zero-order chi connectivity index (χ0) is 33.8. The van der Waals surface area contributed by atoms with E-state index in [-0.39, 0.29) is 12.6 Å². The molecule has 0 unspecified atom stereocenters. The molecule has 0 aliphatic heterocycles. The van der Waals surface area contributed by atoms with Crippen molar-refractivity contribution in [3.8, 4) is 23.0 Å². The monoisotopic (exact) mass is 640 g/mol. The Labute approximate surface area is 274 Å². The third-order valence-corrected chi connectivity index (χ3v) is 7.32. The second kappa shape index (κ2) is 17.0. The molecule has 4 aromatic carbocycles. The van der Waals surface area contributed by atoms with Crippen LogP contribution in [0.3, 0.4) is 0 Å². The molecule has 0 saturated heterocycles. The van der Waals surface area contributed by atoms with Gasteiger partial charge in [-0.25, -0.2) is 9.59 Å². The average Bonchev–Trinajstić information content (AvgIpc) is 3.09. The van der Waals surface area contributed by atoms with E-state index in [2.05, 4.69) is 0 Å². The van der Waals surface area contributed by atoms with Gasteiger partial charge in [0.2, 0.25) is 0 Å². The molecule has 0 radical (unpaired) electrons. The van der Waals surface area contributed by atoms with Crippen molar-refractivity contribution in [1.82, 2.24) is 0 Å². The Morgan fingerprint density at radius 2 is 1.13 bits per heavy atom. The number of carbonyl (C=O) groups excluding carboxylic acids is 3. The maximum absolute atomic E-state index is 12.9. The number of esters is 3. The average molecular weight is 640 g/mol. The molecule has 10 nitrogen and oxygen atoms in total. The van der Waals surface area contributed by atoms with Crippen LogP contribution in [0.5, 0.6) is 23.0 Å². The lowest BCUT2D eigenvalue weighted by molar-refractivity contribution is -0.143. The molecule has 0 amide bonds. The largest absolute Gasteiger partial charge is 0.494 e. The van der Waals surface area contributed by atoms with Crippen LogP contribution in [0.1, 0.15) is 63.6 Å². The molecule has 0 aliphatic carbocycles. The van der Waals surface area contributed by atoms with Crippen LogP contribution in [-0.2, 0) is 16.1 Å². The summed E-state index contributed by atoms with van der Waals surface area (Å²) in [5.41, 5.74) is 3.21. The highest BCUT2D eigenvalue weighted by Gasteiger charge is 2.17. The summed E-state index contributed by atoms with van der Waals surface area (Å²) in [6.45, 7) is 6.40. The van der Waals surface area contributed by atoms with Crippen LogP contribution in [0.4, 0.5) is 0 Å². The van der Waals surface area contributed by atoms with Gasteiger partial charge in [0.15, 0.2) is 0 Å². The quantitative estimate of drug-likeness (QED) is 0.0780. The Morgan fingerprint density at radius 3 is 1.66 bits per heavy atom. The summed E-state index contributed by atoms with van der Waals surface area (Å²) in [4.78, 5) is 36.9. The van der Waals surface area contributed by atoms with Crippen molar-refractivity contribution >= 4 is 30.5 Å². The van der Waals surface area contributed by atoms with E-state index in [9.17, 15) is 24.4 Å². The molecule has 0 heterocycles. The van der Waals surface area contributed by atoms with Gasteiger partial charge in [-0.05, 0) is 110 Å². The minimum atomic E-state index is -1.54. The van der Waals surface area contributed by atoms with E-state index in [1.807, 2.05) is 0 Å². The minimum absolute atomic E-state index is 0.215. The molecular weight excluding hydrogens is 603 g/mol. The first kappa shape index (κ1) is 34.7. The van der Waals surface area contributed by atoms with Gasteiger partial charge in [0.25, 0.3) is 0 Å². The maximum atomic E-state index is 12.9. The van der Waals surface area contributed by atoms with Gasteiger partial charge >= 0.3 is 25.0 Å². The van der Waals surface area contributed by atoms with Crippen molar-refractivity contribution in [3.05, 3.63) is 113 Å². The Bertz CT molecular complexity index is 1650. The maximum Gasteiger partial charge on any atom is 0.488 e. The smallest absolute Gasteiger partial charge is 0.488 e. The molecule has 0 aromatic heterocycles. The van der Waals surface area contributed by atoms with Crippen LogP contribution in [0.15, 0.2) is 84.9 Å². The van der Waals surface area contributed by atoms with Crippen molar-refractivity contribution in [3.63, 3.8) is 0 Å². The summed E-state index contributed by atoms with van der Waals surface area (Å²) in [6, 6.07) is 23.0. The van der Waals surface area contributed by atoms with E-state index in [1.165, 1.54) is 0 Å². The van der Waals surface area contributed by atoms with Crippen LogP contribution in [0, 0.1) is 13.8 Å². The van der Waals surface area contributed by atoms with Gasteiger partial charge in [-0.2, -0.15) is 0 Å². The number of rotatable bonds is 15. The van der Waals surface area contributed by atoms with Crippen molar-refractivity contribution < 1.29 is 48.1 Å². The third kappa shape index (κ3) is 10.2. The van der Waals surface area contributed by atoms with Gasteiger partial charge < -0.3 is 33.7 Å². The molecule has 244 valence electrons. The Hall–Kier alpha value is -5.13. The zero-order valence-corrected chi connectivity index (χ0v) is 26.6. The lowest BCUT2D eigenvalue weighted by Gasteiger charge is -2.14. The van der Waals surface area contributed by atoms with Gasteiger partial charge in [0.05, 0.1) is 24.3 Å². The topological polar surface area (TPSA) is 138 Å². The number of benzene rings is 4. The Balaban J connectivity index is 1.26. The Kier molecular flexibility index (Phi) is 12.5. The first-order valence-corrected chi connectivity index (χ1v) is 15.3. The van der Waals surface area contributed by atoms with Crippen LogP contribution < -0.4 is 24.4 Å². The second-order valence-electron chi connectivity index (χ2n) is 10.7. The highest BCUT2D eigenvalue weighted by Crippen LogP contribution is 2.30. The standard InChI is InChI=1S/C36H37BO10/c1-4-34(38)44-22-6-5-21-43-30-15-11-28(12-16-30)36(40)47-33-20-19-32(24(2)25(33)3)46-35(39)27-9-7-26(8-10-27)23-45-31-17-13-29(14-18-31)37(41)42/h7-20,41-42H,4-6,21-23H2,1-3H3. The van der Waals surface area contributed by atoms with Crippen LogP contribution in [-0.4, -0.2) is 48.3 Å². The summed E-state index contributed by atoms with van der Waals surface area (Å²) < 4.78 is 27.7. The van der Waals surface area contributed by atoms with E-state index >= 15 is 0 Å². The molecule has 4 aromatic rings. The molecule has 47 heavy (non-hydrogen) atoms. The summed E-state index contributed by atoms with van der Waals surface area (Å²) >= 11 is 0. The summed E-state index contributed by atoms with van der Waals surface area (Å²) in [5, 5.41) is 18.4. The van der Waals surface area contributed by atoms with Crippen molar-refractivity contribution in [1.29, 1.82) is 0 Å². The Morgan fingerprint density at radius 1 is 0.638 bits per heavy atom. The van der Waals surface area contributed by atoms with Gasteiger partial charge in [0.1, 0.15) is 29.6 Å². The third-order valence-electron chi connectivity index (χ3n) is 7.32. The molecule has 0 bridgehead atoms. The normalized spacial score (nSPS) is 10.6. The number of hydrogen-bond donors (Lipinski definition) is 2. The first-order valence-electron chi connectivity index (χ1n) is 15.3. The molecule has 0 saturated carbocycles. The highest BCUT2D eigenvalue weighted by molar-refractivity contribution is 6.58. The molecule has 0 fully saturated rings. The molecule has 0 atom stereocenters. The van der Waals surface area contributed by atoms with Crippen LogP contribution in [0.2, 0.25) is 0 Å². The SMILES string of the molecule is CCC(=O)OCCCCOc1ccc(C(=O)Oc2ccc(OC(=O)c3ccc(COc4ccc(B(O)O)cc4)cc3)c(C)c2C)cc1. The molecule has 0 spiro atoms. The molecular formula is C36H37BO10. The summed E-state index contributed by atoms with van der Waals surface area (Å²) in [6.07, 6.45) is 1.79. The number of ether oxygens (including phenoxy) is 5. The van der Waals surface area contributed by atoms with Crippen molar-refractivity contribution in [2.45, 2.75) is 46.6 Å². The molecule has 2 N–H and O–H groups in total. The van der Waals surface area contributed by atoms with E-state index in [0.29, 0.717) is 76.8 Å². The predicted molar refractivity (Wildman–Crippen MR) is 175 cm³/mol. The lowest BCUT2D eigenvalue weighted by Crippen LogP contribution is -2.29. The molecule has 0 aliphatic rings. The minimum Gasteiger partial charge on any atom is -0.494 e. The fourth-order valence-electron chi connectivity index (χ4n) is 4.32. The number of carbonyl (C=O) groups is 3. The second-order valence-corrected chi connectivity index (χ2v) is 10.7. The fraction of sp³-hybridized carbons (Fsp3) is 0.250. The van der Waals surface area contributed by atoms with E-state index in [0.717, 1.165) is 12.0 Å². The number of unbranched alkanes of at least 4 members (excludes halogenated alkanes) is 1. The number of hydrogen-bond acceptors (Lipinski definition) is 10. The van der Waals surface area contributed by atoms with E-state index < -0.39 is 19.1 Å². The summed E-state index contributed by atoms with van der Waals surface area (Å²) in [7, 11) is -1.54.